The van der Waals surface area contributed by atoms with E-state index in [1.54, 1.807) is 30.2 Å². The monoisotopic (exact) mass is 525 g/mol. The topological polar surface area (TPSA) is 105 Å². The molecule has 9 heteroatoms. The number of para-hydroxylation sites is 1. The van der Waals surface area contributed by atoms with Crippen LogP contribution in [0.2, 0.25) is 0 Å². The average Bonchev–Trinajstić information content (AvgIpc) is 3.06. The Labute approximate surface area is 221 Å². The van der Waals surface area contributed by atoms with Crippen LogP contribution >= 0.6 is 11.8 Å². The lowest BCUT2D eigenvalue weighted by molar-refractivity contribution is -0.132. The summed E-state index contributed by atoms with van der Waals surface area (Å²) in [5, 5.41) is 10.7. The van der Waals surface area contributed by atoms with Crippen LogP contribution in [0.15, 0.2) is 24.3 Å². The number of methoxy groups -OCH3 is 1. The third-order valence-electron chi connectivity index (χ3n) is 6.82. The molecule has 1 aliphatic heterocycles. The van der Waals surface area contributed by atoms with Crippen LogP contribution in [0.1, 0.15) is 69.2 Å². The van der Waals surface area contributed by atoms with Gasteiger partial charge in [-0.2, -0.15) is 0 Å². The van der Waals surface area contributed by atoms with E-state index < -0.39 is 12.1 Å². The molecular formula is C27H44ClN3O5. The summed E-state index contributed by atoms with van der Waals surface area (Å²) in [6, 6.07) is 6.56. The van der Waals surface area contributed by atoms with Crippen LogP contribution in [0.25, 0.3) is 0 Å². The van der Waals surface area contributed by atoms with Gasteiger partial charge in [-0.15, -0.1) is 0 Å². The van der Waals surface area contributed by atoms with Crippen LogP contribution in [0.4, 0.5) is 0 Å². The van der Waals surface area contributed by atoms with Crippen LogP contribution in [-0.2, 0) is 9.53 Å². The van der Waals surface area contributed by atoms with E-state index in [1.807, 2.05) is 19.9 Å². The van der Waals surface area contributed by atoms with Crippen LogP contribution in [0, 0.1) is 11.8 Å². The molecule has 2 rings (SSSR count). The Morgan fingerprint density at radius 2 is 1.92 bits per heavy atom. The number of rotatable bonds is 15. The van der Waals surface area contributed by atoms with Crippen molar-refractivity contribution in [1.82, 2.24) is 9.32 Å². The molecule has 8 nitrogen and oxygen atoms in total. The van der Waals surface area contributed by atoms with Crippen molar-refractivity contribution in [3.05, 3.63) is 29.8 Å². The van der Waals surface area contributed by atoms with Gasteiger partial charge in [0, 0.05) is 57.6 Å². The van der Waals surface area contributed by atoms with Gasteiger partial charge < -0.3 is 25.2 Å². The van der Waals surface area contributed by atoms with Crippen LogP contribution in [-0.4, -0.2) is 78.3 Å². The number of hydrogen-bond acceptors (Lipinski definition) is 6. The Morgan fingerprint density at radius 3 is 2.64 bits per heavy atom. The largest absolute Gasteiger partial charge is 0.493 e. The molecule has 0 saturated carbocycles. The van der Waals surface area contributed by atoms with Gasteiger partial charge in [-0.25, -0.2) is 0 Å². The Bertz CT molecular complexity index is 809. The number of benzene rings is 1. The number of carbonyl (C=O) groups excluding carboxylic acids is 2. The van der Waals surface area contributed by atoms with Crippen molar-refractivity contribution in [2.45, 2.75) is 70.9 Å². The Kier molecular flexibility index (Phi) is 13.6. The number of likely N-dealkylation sites (tertiary alicyclic amines) is 1. The Morgan fingerprint density at radius 1 is 1.19 bits per heavy atom. The van der Waals surface area contributed by atoms with Crippen molar-refractivity contribution in [3.8, 4) is 5.75 Å². The van der Waals surface area contributed by atoms with E-state index in [9.17, 15) is 14.7 Å². The van der Waals surface area contributed by atoms with E-state index >= 15 is 0 Å². The quantitative estimate of drug-likeness (QED) is 0.266. The second-order valence-corrected chi connectivity index (χ2v) is 10.4. The number of aliphatic hydroxyl groups is 1. The maximum absolute atomic E-state index is 13.2. The van der Waals surface area contributed by atoms with Crippen molar-refractivity contribution in [2.24, 2.45) is 17.6 Å². The minimum Gasteiger partial charge on any atom is -0.493 e. The molecule has 0 radical (unpaired) electrons. The highest BCUT2D eigenvalue weighted by Gasteiger charge is 2.29. The molecule has 0 aliphatic carbocycles. The maximum Gasteiger partial charge on any atom is 0.271 e. The summed E-state index contributed by atoms with van der Waals surface area (Å²) in [6.45, 7) is 6.43. The number of β-amino-alcohol motifs (C(OH)–C–C–N with tert-alkyl or cyclic N) is 1. The smallest absolute Gasteiger partial charge is 0.271 e. The summed E-state index contributed by atoms with van der Waals surface area (Å²) in [7, 11) is 1.67. The molecule has 0 spiro atoms. The number of nitrogens with zero attached hydrogens (tertiary/aromatic N) is 2. The SMILES string of the molecule is COCCCCOc1ccccc1C(=O)N(Cl)C[C@@H](C[C@H](N)[C@@H](O)CN1CCCCCC1=O)C(C)C. The van der Waals surface area contributed by atoms with Gasteiger partial charge in [0.2, 0.25) is 5.91 Å². The Hall–Kier alpha value is -1.87. The summed E-state index contributed by atoms with van der Waals surface area (Å²) in [5.41, 5.74) is 6.78. The zero-order valence-corrected chi connectivity index (χ0v) is 22.8. The summed E-state index contributed by atoms with van der Waals surface area (Å²) in [4.78, 5) is 27.2. The number of amides is 2. The lowest BCUT2D eigenvalue weighted by atomic mass is 9.87. The molecule has 0 bridgehead atoms. The predicted molar refractivity (Wildman–Crippen MR) is 142 cm³/mol. The van der Waals surface area contributed by atoms with E-state index in [4.69, 9.17) is 27.0 Å². The van der Waals surface area contributed by atoms with E-state index in [-0.39, 0.29) is 36.7 Å². The molecule has 1 heterocycles. The molecule has 1 aliphatic rings. The van der Waals surface area contributed by atoms with Gasteiger partial charge in [-0.3, -0.25) is 14.0 Å². The fourth-order valence-electron chi connectivity index (χ4n) is 4.38. The average molecular weight is 526 g/mol. The summed E-state index contributed by atoms with van der Waals surface area (Å²) >= 11 is 6.49. The molecule has 36 heavy (non-hydrogen) atoms. The first-order valence-electron chi connectivity index (χ1n) is 13.1. The maximum atomic E-state index is 13.2. The minimum atomic E-state index is -0.833. The number of hydrogen-bond donors (Lipinski definition) is 2. The Balaban J connectivity index is 1.95. The molecule has 2 amide bonds. The van der Waals surface area contributed by atoms with E-state index in [2.05, 4.69) is 0 Å². The van der Waals surface area contributed by atoms with Gasteiger partial charge in [0.05, 0.1) is 18.3 Å². The fraction of sp³-hybridized carbons (Fsp3) is 0.704. The van der Waals surface area contributed by atoms with Gasteiger partial charge in [0.1, 0.15) is 5.75 Å². The predicted octanol–water partition coefficient (Wildman–Crippen LogP) is 3.84. The zero-order chi connectivity index (χ0) is 26.5. The molecule has 0 aromatic heterocycles. The molecule has 1 aromatic carbocycles. The molecule has 1 fully saturated rings. The normalized spacial score (nSPS) is 17.0. The lowest BCUT2D eigenvalue weighted by Gasteiger charge is -2.31. The second-order valence-electron chi connectivity index (χ2n) is 10.0. The zero-order valence-electron chi connectivity index (χ0n) is 22.0. The van der Waals surface area contributed by atoms with E-state index in [1.165, 1.54) is 4.42 Å². The number of unbranched alkanes of at least 4 members (excludes halogenated alkanes) is 1. The first-order valence-corrected chi connectivity index (χ1v) is 13.5. The summed E-state index contributed by atoms with van der Waals surface area (Å²) in [5.74, 6) is 0.402. The summed E-state index contributed by atoms with van der Waals surface area (Å²) in [6.07, 6.45) is 4.75. The highest BCUT2D eigenvalue weighted by Crippen LogP contribution is 2.25. The number of nitrogens with two attached hydrogens (primary N) is 1. The highest BCUT2D eigenvalue weighted by atomic mass is 35.5. The number of ether oxygens (including phenoxy) is 2. The molecule has 3 atom stereocenters. The van der Waals surface area contributed by atoms with Gasteiger partial charge in [0.15, 0.2) is 0 Å². The summed E-state index contributed by atoms with van der Waals surface area (Å²) < 4.78 is 12.1. The first-order chi connectivity index (χ1) is 17.2. The van der Waals surface area contributed by atoms with Crippen molar-refractivity contribution in [2.75, 3.05) is 40.0 Å². The molecule has 204 valence electrons. The van der Waals surface area contributed by atoms with Gasteiger partial charge >= 0.3 is 0 Å². The third kappa shape index (κ3) is 9.88. The number of carbonyl (C=O) groups is 2. The standard InChI is InChI=1S/C27H44ClN3O5/c1-20(2)21(17-23(29)24(32)19-30-14-8-4-5-13-26(30)33)18-31(28)27(34)22-11-6-7-12-25(22)36-16-10-9-15-35-3/h6-7,11-12,20-21,23-24,32H,4-5,8-10,13-19,29H2,1-3H3/t21-,23+,24+/m1/s1. The minimum absolute atomic E-state index is 0.0296. The lowest BCUT2D eigenvalue weighted by Crippen LogP contribution is -2.47. The molecule has 0 unspecified atom stereocenters. The van der Waals surface area contributed by atoms with Crippen molar-refractivity contribution in [3.63, 3.8) is 0 Å². The van der Waals surface area contributed by atoms with Crippen molar-refractivity contribution in [1.29, 1.82) is 0 Å². The molecule has 1 saturated heterocycles. The van der Waals surface area contributed by atoms with E-state index in [0.29, 0.717) is 43.9 Å². The van der Waals surface area contributed by atoms with Crippen LogP contribution in [0.3, 0.4) is 0 Å². The van der Waals surface area contributed by atoms with E-state index in [0.717, 1.165) is 32.1 Å². The van der Waals surface area contributed by atoms with Gasteiger partial charge in [0.25, 0.3) is 5.91 Å². The second kappa shape index (κ2) is 16.1. The van der Waals surface area contributed by atoms with Crippen LogP contribution < -0.4 is 10.5 Å². The van der Waals surface area contributed by atoms with Crippen molar-refractivity contribution >= 4 is 23.6 Å². The highest BCUT2D eigenvalue weighted by molar-refractivity contribution is 6.24. The molecular weight excluding hydrogens is 482 g/mol. The van der Waals surface area contributed by atoms with Gasteiger partial charge in [-0.05, 0) is 56.1 Å². The molecule has 3 N–H and O–H groups in total. The first kappa shape index (κ1) is 30.4. The van der Waals surface area contributed by atoms with Crippen LogP contribution in [0.5, 0.6) is 5.75 Å². The molecule has 1 aromatic rings. The van der Waals surface area contributed by atoms with Crippen molar-refractivity contribution < 1.29 is 24.2 Å². The van der Waals surface area contributed by atoms with Gasteiger partial charge in [-0.1, -0.05) is 32.4 Å². The fourth-order valence-corrected chi connectivity index (χ4v) is 4.64. The third-order valence-corrected chi connectivity index (χ3v) is 7.12. The number of halogens is 1. The number of aliphatic hydroxyl groups excluding tert-OH is 1.